The van der Waals surface area contributed by atoms with E-state index in [1.165, 1.54) is 12.8 Å². The third-order valence-electron chi connectivity index (χ3n) is 3.78. The topological polar surface area (TPSA) is 60.2 Å². The third-order valence-corrected chi connectivity index (χ3v) is 3.78. The molecular weight excluding hydrogens is 252 g/mol. The summed E-state index contributed by atoms with van der Waals surface area (Å²) in [5.41, 5.74) is 8.17. The van der Waals surface area contributed by atoms with Gasteiger partial charge in [0.25, 0.3) is 0 Å². The van der Waals surface area contributed by atoms with Crippen LogP contribution in [-0.2, 0) is 20.0 Å². The minimum atomic E-state index is 0.562. The molecule has 0 unspecified atom stereocenters. The van der Waals surface area contributed by atoms with Crippen molar-refractivity contribution in [1.82, 2.24) is 9.78 Å². The molecule has 1 aliphatic rings. The van der Waals surface area contributed by atoms with E-state index in [9.17, 15) is 0 Å². The van der Waals surface area contributed by atoms with Gasteiger partial charge >= 0.3 is 0 Å². The van der Waals surface area contributed by atoms with Gasteiger partial charge in [-0.25, -0.2) is 0 Å². The van der Waals surface area contributed by atoms with Crippen LogP contribution in [0.25, 0.3) is 0 Å². The molecule has 1 saturated carbocycles. The van der Waals surface area contributed by atoms with Gasteiger partial charge in [-0.1, -0.05) is 13.3 Å². The van der Waals surface area contributed by atoms with Gasteiger partial charge < -0.3 is 15.1 Å². The molecule has 0 atom stereocenters. The van der Waals surface area contributed by atoms with Crippen molar-refractivity contribution in [2.24, 2.45) is 7.05 Å². The maximum absolute atomic E-state index is 6.33. The monoisotopic (exact) mass is 274 g/mol. The molecule has 0 radical (unpaired) electrons. The molecule has 20 heavy (non-hydrogen) atoms. The molecule has 1 aliphatic carbocycles. The number of nitrogens with two attached hydrogens (primary N) is 1. The van der Waals surface area contributed by atoms with E-state index >= 15 is 0 Å². The van der Waals surface area contributed by atoms with Crippen LogP contribution in [-0.4, -0.2) is 15.8 Å². The molecule has 0 amide bonds. The van der Waals surface area contributed by atoms with Crippen molar-refractivity contribution < 1.29 is 4.42 Å². The Labute approximate surface area is 119 Å². The molecule has 0 spiro atoms. The lowest BCUT2D eigenvalue weighted by atomic mass is 10.2. The molecule has 2 aromatic rings. The second-order valence-electron chi connectivity index (χ2n) is 5.50. The van der Waals surface area contributed by atoms with Crippen LogP contribution in [0.1, 0.15) is 37.6 Å². The summed E-state index contributed by atoms with van der Waals surface area (Å²) in [4.78, 5) is 2.33. The normalized spacial score (nSPS) is 14.7. The highest BCUT2D eigenvalue weighted by Gasteiger charge is 2.33. The fourth-order valence-corrected chi connectivity index (χ4v) is 2.68. The number of hydrogen-bond donors (Lipinski definition) is 1. The Balaban J connectivity index is 1.91. The van der Waals surface area contributed by atoms with E-state index in [2.05, 4.69) is 16.9 Å². The second kappa shape index (κ2) is 5.23. The van der Waals surface area contributed by atoms with Gasteiger partial charge in [-0.15, -0.1) is 0 Å². The molecule has 2 N–H and O–H groups in total. The molecule has 0 aliphatic heterocycles. The number of nitrogens with zero attached hydrogens (tertiary/aromatic N) is 3. The zero-order valence-corrected chi connectivity index (χ0v) is 12.2. The maximum Gasteiger partial charge on any atom is 0.151 e. The van der Waals surface area contributed by atoms with Crippen LogP contribution in [0.4, 0.5) is 11.5 Å². The third kappa shape index (κ3) is 2.40. The molecule has 5 heteroatoms. The van der Waals surface area contributed by atoms with Crippen molar-refractivity contribution in [1.29, 1.82) is 0 Å². The summed E-state index contributed by atoms with van der Waals surface area (Å²) in [5, 5.41) is 4.58. The first-order valence-electron chi connectivity index (χ1n) is 7.31. The van der Waals surface area contributed by atoms with E-state index in [1.54, 1.807) is 6.26 Å². The number of aromatic nitrogens is 2. The van der Waals surface area contributed by atoms with E-state index in [0.717, 1.165) is 42.3 Å². The fraction of sp³-hybridized carbons (Fsp3) is 0.533. The quantitative estimate of drug-likeness (QED) is 0.880. The Morgan fingerprint density at radius 1 is 1.50 bits per heavy atom. The van der Waals surface area contributed by atoms with Crippen molar-refractivity contribution in [3.05, 3.63) is 29.9 Å². The summed E-state index contributed by atoms with van der Waals surface area (Å²) >= 11 is 0. The Bertz CT molecular complexity index is 569. The largest absolute Gasteiger partial charge is 0.467 e. The average Bonchev–Trinajstić information content (AvgIpc) is 3.07. The predicted molar refractivity (Wildman–Crippen MR) is 79.5 cm³/mol. The average molecular weight is 274 g/mol. The molecule has 0 saturated heterocycles. The van der Waals surface area contributed by atoms with Crippen molar-refractivity contribution in [3.63, 3.8) is 0 Å². The SMILES string of the molecule is CCCc1nn(C)c(N(Cc2ccco2)C2CC2)c1N. The smallest absolute Gasteiger partial charge is 0.151 e. The van der Waals surface area contributed by atoms with Gasteiger partial charge in [0.2, 0.25) is 0 Å². The summed E-state index contributed by atoms with van der Waals surface area (Å²) in [6.07, 6.45) is 6.14. The highest BCUT2D eigenvalue weighted by atomic mass is 16.3. The summed E-state index contributed by atoms with van der Waals surface area (Å²) in [5.74, 6) is 2.00. The van der Waals surface area contributed by atoms with E-state index in [1.807, 2.05) is 23.9 Å². The lowest BCUT2D eigenvalue weighted by Crippen LogP contribution is -2.27. The highest BCUT2D eigenvalue weighted by molar-refractivity contribution is 5.67. The van der Waals surface area contributed by atoms with Crippen LogP contribution in [0, 0.1) is 0 Å². The minimum absolute atomic E-state index is 0.562. The zero-order chi connectivity index (χ0) is 14.1. The van der Waals surface area contributed by atoms with Gasteiger partial charge in [0.05, 0.1) is 24.2 Å². The van der Waals surface area contributed by atoms with Crippen molar-refractivity contribution in [2.45, 2.75) is 45.2 Å². The molecule has 0 aromatic carbocycles. The molecule has 2 aromatic heterocycles. The Kier molecular flexibility index (Phi) is 3.42. The summed E-state index contributed by atoms with van der Waals surface area (Å²) in [7, 11) is 1.97. The van der Waals surface area contributed by atoms with E-state index in [0.29, 0.717) is 6.04 Å². The highest BCUT2D eigenvalue weighted by Crippen LogP contribution is 2.37. The lowest BCUT2D eigenvalue weighted by molar-refractivity contribution is 0.498. The summed E-state index contributed by atoms with van der Waals surface area (Å²) < 4.78 is 7.40. The van der Waals surface area contributed by atoms with Crippen LogP contribution in [0.3, 0.4) is 0 Å². The van der Waals surface area contributed by atoms with Gasteiger partial charge in [0.1, 0.15) is 5.76 Å². The van der Waals surface area contributed by atoms with Crippen LogP contribution in [0.5, 0.6) is 0 Å². The molecule has 2 heterocycles. The molecule has 1 fully saturated rings. The number of hydrogen-bond acceptors (Lipinski definition) is 4. The summed E-state index contributed by atoms with van der Waals surface area (Å²) in [6, 6.07) is 4.50. The van der Waals surface area contributed by atoms with Crippen molar-refractivity contribution >= 4 is 11.5 Å². The van der Waals surface area contributed by atoms with Gasteiger partial charge in [-0.3, -0.25) is 4.68 Å². The van der Waals surface area contributed by atoms with Gasteiger partial charge in [0, 0.05) is 13.1 Å². The first kappa shape index (κ1) is 13.1. The van der Waals surface area contributed by atoms with Crippen LogP contribution in [0.2, 0.25) is 0 Å². The molecule has 0 bridgehead atoms. The molecule has 3 rings (SSSR count). The molecule has 108 valence electrons. The van der Waals surface area contributed by atoms with Gasteiger partial charge in [-0.05, 0) is 31.4 Å². The summed E-state index contributed by atoms with van der Waals surface area (Å²) in [6.45, 7) is 2.91. The zero-order valence-electron chi connectivity index (χ0n) is 12.2. The number of nitrogen functional groups attached to an aromatic ring is 1. The van der Waals surface area contributed by atoms with Gasteiger partial charge in [0.15, 0.2) is 5.82 Å². The minimum Gasteiger partial charge on any atom is -0.467 e. The Morgan fingerprint density at radius 2 is 2.30 bits per heavy atom. The Morgan fingerprint density at radius 3 is 2.90 bits per heavy atom. The maximum atomic E-state index is 6.33. The molecular formula is C15H22N4O. The Hall–Kier alpha value is -1.91. The second-order valence-corrected chi connectivity index (χ2v) is 5.50. The van der Waals surface area contributed by atoms with Crippen LogP contribution < -0.4 is 10.6 Å². The van der Waals surface area contributed by atoms with Crippen molar-refractivity contribution in [3.8, 4) is 0 Å². The standard InChI is InChI=1S/C15H22N4O/c1-3-5-13-14(16)15(18(2)17-13)19(11-7-8-11)10-12-6-4-9-20-12/h4,6,9,11H,3,5,7-8,10,16H2,1-2H3. The first-order chi connectivity index (χ1) is 9.70. The van der Waals surface area contributed by atoms with E-state index in [-0.39, 0.29) is 0 Å². The fourth-order valence-electron chi connectivity index (χ4n) is 2.68. The number of anilines is 2. The number of aryl methyl sites for hydroxylation is 2. The number of rotatable bonds is 6. The van der Waals surface area contributed by atoms with Crippen LogP contribution >= 0.6 is 0 Å². The van der Waals surface area contributed by atoms with Crippen molar-refractivity contribution in [2.75, 3.05) is 10.6 Å². The van der Waals surface area contributed by atoms with Crippen LogP contribution in [0.15, 0.2) is 22.8 Å². The van der Waals surface area contributed by atoms with Gasteiger partial charge in [-0.2, -0.15) is 5.10 Å². The number of furan rings is 1. The van der Waals surface area contributed by atoms with E-state index in [4.69, 9.17) is 10.2 Å². The lowest BCUT2D eigenvalue weighted by Gasteiger charge is -2.24. The predicted octanol–water partition coefficient (Wildman–Crippen LogP) is 2.72. The molecule has 5 nitrogen and oxygen atoms in total. The first-order valence-corrected chi connectivity index (χ1v) is 7.31. The van der Waals surface area contributed by atoms with E-state index < -0.39 is 0 Å².